The van der Waals surface area contributed by atoms with Gasteiger partial charge < -0.3 is 10.6 Å². The van der Waals surface area contributed by atoms with Crippen LogP contribution < -0.4 is 16.2 Å². The maximum absolute atomic E-state index is 10.7. The molecule has 0 aliphatic heterocycles. The average molecular weight is 210 g/mol. The zero-order valence-electron chi connectivity index (χ0n) is 9.05. The Balaban J connectivity index is 2.10. The predicted molar refractivity (Wildman–Crippen MR) is 59.7 cm³/mol. The minimum absolute atomic E-state index is 0.161. The highest BCUT2D eigenvalue weighted by molar-refractivity contribution is 4.98. The molecular formula is C10H18N4O. The Morgan fingerprint density at radius 1 is 1.33 bits per heavy atom. The maximum atomic E-state index is 10.7. The topological polar surface area (TPSA) is 69.8 Å². The van der Waals surface area contributed by atoms with E-state index in [1.165, 1.54) is 6.07 Å². The van der Waals surface area contributed by atoms with E-state index in [0.717, 1.165) is 31.7 Å². The maximum Gasteiger partial charge on any atom is 0.264 e. The van der Waals surface area contributed by atoms with Crippen LogP contribution in [0.2, 0.25) is 0 Å². The normalized spacial score (nSPS) is 10.5. The minimum Gasteiger partial charge on any atom is -0.317 e. The van der Waals surface area contributed by atoms with Gasteiger partial charge in [0.25, 0.3) is 5.56 Å². The van der Waals surface area contributed by atoms with Crippen LogP contribution in [0, 0.1) is 0 Å². The summed E-state index contributed by atoms with van der Waals surface area (Å²) < 4.78 is 0. The van der Waals surface area contributed by atoms with E-state index < -0.39 is 0 Å². The summed E-state index contributed by atoms with van der Waals surface area (Å²) in [6.07, 6.45) is 1.09. The van der Waals surface area contributed by atoms with Crippen molar-refractivity contribution in [2.75, 3.05) is 19.6 Å². The summed E-state index contributed by atoms with van der Waals surface area (Å²) in [5.74, 6) is 0. The quantitative estimate of drug-likeness (QED) is 0.548. The van der Waals surface area contributed by atoms with Gasteiger partial charge in [-0.15, -0.1) is 0 Å². The molecule has 0 fully saturated rings. The Kier molecular flexibility index (Phi) is 5.65. The second kappa shape index (κ2) is 7.14. The molecule has 0 unspecified atom stereocenters. The molecule has 0 saturated heterocycles. The third-order valence-corrected chi connectivity index (χ3v) is 2.00. The van der Waals surface area contributed by atoms with Gasteiger partial charge in [-0.2, -0.15) is 5.10 Å². The van der Waals surface area contributed by atoms with Crippen molar-refractivity contribution < 1.29 is 0 Å². The fourth-order valence-corrected chi connectivity index (χ4v) is 1.20. The Morgan fingerprint density at radius 2 is 2.13 bits per heavy atom. The number of nitrogens with one attached hydrogen (secondary N) is 3. The van der Waals surface area contributed by atoms with Gasteiger partial charge in [0.05, 0.1) is 5.69 Å². The number of H-pyrrole nitrogens is 1. The fraction of sp³-hybridized carbons (Fsp3) is 0.600. The Morgan fingerprint density at radius 3 is 2.80 bits per heavy atom. The van der Waals surface area contributed by atoms with Gasteiger partial charge in [0.2, 0.25) is 0 Å². The molecule has 84 valence electrons. The lowest BCUT2D eigenvalue weighted by Crippen LogP contribution is -2.22. The van der Waals surface area contributed by atoms with Crippen LogP contribution in [0.5, 0.6) is 0 Å². The third-order valence-electron chi connectivity index (χ3n) is 2.00. The highest BCUT2D eigenvalue weighted by Crippen LogP contribution is 1.87. The average Bonchev–Trinajstić information content (AvgIpc) is 2.26. The fourth-order valence-electron chi connectivity index (χ4n) is 1.20. The van der Waals surface area contributed by atoms with Crippen LogP contribution in [0.15, 0.2) is 16.9 Å². The predicted octanol–water partition coefficient (Wildman–Crippen LogP) is -0.141. The lowest BCUT2D eigenvalue weighted by molar-refractivity contribution is 0.598. The van der Waals surface area contributed by atoms with Gasteiger partial charge in [-0.1, -0.05) is 6.92 Å². The van der Waals surface area contributed by atoms with Crippen LogP contribution >= 0.6 is 0 Å². The molecule has 0 spiro atoms. The summed E-state index contributed by atoms with van der Waals surface area (Å²) in [5, 5.41) is 12.8. The van der Waals surface area contributed by atoms with Crippen LogP contribution in [0.3, 0.4) is 0 Å². The number of aromatic amines is 1. The van der Waals surface area contributed by atoms with E-state index in [2.05, 4.69) is 27.8 Å². The summed E-state index contributed by atoms with van der Waals surface area (Å²) in [6, 6.07) is 3.22. The van der Waals surface area contributed by atoms with Gasteiger partial charge in [-0.05, 0) is 32.1 Å². The summed E-state index contributed by atoms with van der Waals surface area (Å²) in [7, 11) is 0. The molecule has 15 heavy (non-hydrogen) atoms. The smallest absolute Gasteiger partial charge is 0.264 e. The van der Waals surface area contributed by atoms with Crippen molar-refractivity contribution in [3.8, 4) is 0 Å². The number of hydrogen-bond acceptors (Lipinski definition) is 4. The molecule has 0 saturated carbocycles. The first-order chi connectivity index (χ1) is 7.33. The molecule has 0 bridgehead atoms. The van der Waals surface area contributed by atoms with Gasteiger partial charge in [-0.3, -0.25) is 4.79 Å². The Labute approximate surface area is 89.3 Å². The van der Waals surface area contributed by atoms with E-state index in [4.69, 9.17) is 0 Å². The van der Waals surface area contributed by atoms with Gasteiger partial charge in [0.15, 0.2) is 0 Å². The van der Waals surface area contributed by atoms with E-state index in [1.807, 2.05) is 0 Å². The van der Waals surface area contributed by atoms with E-state index >= 15 is 0 Å². The van der Waals surface area contributed by atoms with Crippen LogP contribution in [0.25, 0.3) is 0 Å². The zero-order chi connectivity index (χ0) is 10.9. The van der Waals surface area contributed by atoms with E-state index in [0.29, 0.717) is 6.54 Å². The molecule has 5 heteroatoms. The van der Waals surface area contributed by atoms with E-state index in [-0.39, 0.29) is 5.56 Å². The van der Waals surface area contributed by atoms with Crippen molar-refractivity contribution in [1.82, 2.24) is 20.8 Å². The molecule has 0 aromatic carbocycles. The number of hydrogen-bond donors (Lipinski definition) is 3. The van der Waals surface area contributed by atoms with Crippen molar-refractivity contribution in [1.29, 1.82) is 0 Å². The first-order valence-corrected chi connectivity index (χ1v) is 5.29. The Bertz CT molecular complexity index is 303. The lowest BCUT2D eigenvalue weighted by atomic mass is 10.3. The van der Waals surface area contributed by atoms with Crippen LogP contribution in [0.1, 0.15) is 19.0 Å². The van der Waals surface area contributed by atoms with Crippen molar-refractivity contribution in [3.63, 3.8) is 0 Å². The van der Waals surface area contributed by atoms with Crippen LogP contribution in [0.4, 0.5) is 0 Å². The minimum atomic E-state index is -0.161. The van der Waals surface area contributed by atoms with Crippen molar-refractivity contribution in [2.45, 2.75) is 19.9 Å². The van der Waals surface area contributed by atoms with Gasteiger partial charge in [0, 0.05) is 12.6 Å². The first-order valence-electron chi connectivity index (χ1n) is 5.29. The number of nitrogens with zero attached hydrogens (tertiary/aromatic N) is 1. The van der Waals surface area contributed by atoms with E-state index in [9.17, 15) is 4.79 Å². The number of aromatic nitrogens is 2. The standard InChI is InChI=1S/C10H18N4O/c1-2-11-6-3-7-12-8-9-4-5-10(15)14-13-9/h4-5,11-12H,2-3,6-8H2,1H3,(H,14,15). The van der Waals surface area contributed by atoms with Gasteiger partial charge >= 0.3 is 0 Å². The van der Waals surface area contributed by atoms with Crippen molar-refractivity contribution in [2.24, 2.45) is 0 Å². The molecule has 0 amide bonds. The second-order valence-electron chi connectivity index (χ2n) is 3.30. The number of rotatable bonds is 7. The molecule has 0 atom stereocenters. The van der Waals surface area contributed by atoms with Crippen LogP contribution in [-0.2, 0) is 6.54 Å². The third kappa shape index (κ3) is 5.29. The molecule has 3 N–H and O–H groups in total. The molecule has 1 aromatic heterocycles. The van der Waals surface area contributed by atoms with Crippen molar-refractivity contribution in [3.05, 3.63) is 28.2 Å². The van der Waals surface area contributed by atoms with E-state index in [1.54, 1.807) is 6.07 Å². The molecule has 5 nitrogen and oxygen atoms in total. The summed E-state index contributed by atoms with van der Waals surface area (Å²) in [4.78, 5) is 10.7. The molecule has 1 heterocycles. The zero-order valence-corrected chi connectivity index (χ0v) is 9.05. The lowest BCUT2D eigenvalue weighted by Gasteiger charge is -2.03. The SMILES string of the molecule is CCNCCCNCc1ccc(=O)[nH]n1. The molecule has 0 aliphatic carbocycles. The molecule has 1 aromatic rings. The molecule has 0 radical (unpaired) electrons. The first kappa shape index (κ1) is 11.9. The molecule has 0 aliphatic rings. The molecule has 1 rings (SSSR count). The largest absolute Gasteiger partial charge is 0.317 e. The summed E-state index contributed by atoms with van der Waals surface area (Å²) in [6.45, 7) is 5.79. The summed E-state index contributed by atoms with van der Waals surface area (Å²) in [5.41, 5.74) is 0.698. The second-order valence-corrected chi connectivity index (χ2v) is 3.30. The summed E-state index contributed by atoms with van der Waals surface area (Å²) >= 11 is 0. The monoisotopic (exact) mass is 210 g/mol. The van der Waals surface area contributed by atoms with Crippen LogP contribution in [-0.4, -0.2) is 29.8 Å². The highest BCUT2D eigenvalue weighted by Gasteiger charge is 1.93. The molecular weight excluding hydrogens is 192 g/mol. The Hall–Kier alpha value is -1.20. The van der Waals surface area contributed by atoms with Gasteiger partial charge in [0.1, 0.15) is 0 Å². The van der Waals surface area contributed by atoms with Crippen molar-refractivity contribution >= 4 is 0 Å². The van der Waals surface area contributed by atoms with Gasteiger partial charge in [-0.25, -0.2) is 5.10 Å². The highest BCUT2D eigenvalue weighted by atomic mass is 16.1.